The highest BCUT2D eigenvalue weighted by Gasteiger charge is 2.66. The van der Waals surface area contributed by atoms with Crippen molar-refractivity contribution < 1.29 is 18.7 Å². The largest absolute Gasteiger partial charge is 0.396 e. The fourth-order valence-electron chi connectivity index (χ4n) is 9.00. The number of aliphatic hydroxyl groups excluding tert-OH is 1. The van der Waals surface area contributed by atoms with Crippen molar-refractivity contribution in [2.45, 2.75) is 63.2 Å². The van der Waals surface area contributed by atoms with Crippen LogP contribution in [0.3, 0.4) is 0 Å². The first kappa shape index (κ1) is 35.8. The predicted octanol–water partition coefficient (Wildman–Crippen LogP) is 5.49. The molecule has 4 atom stereocenters. The van der Waals surface area contributed by atoms with Crippen LogP contribution >= 0.6 is 0 Å². The third-order valence-corrected chi connectivity index (χ3v) is 14.0. The van der Waals surface area contributed by atoms with Gasteiger partial charge >= 0.3 is 0 Å². The molecule has 1 amide bonds. The van der Waals surface area contributed by atoms with Gasteiger partial charge in [0.15, 0.2) is 5.60 Å². The molecular formula is C41H41FN8O5Si. The van der Waals surface area contributed by atoms with Crippen LogP contribution in [0.1, 0.15) is 30.2 Å². The average molecular weight is 773 g/mol. The van der Waals surface area contributed by atoms with E-state index in [1.54, 1.807) is 47.1 Å². The molecule has 0 saturated carbocycles. The molecule has 1 spiro atoms. The van der Waals surface area contributed by atoms with E-state index in [1.807, 2.05) is 79.7 Å². The highest BCUT2D eigenvalue weighted by molar-refractivity contribution is 6.72. The summed E-state index contributed by atoms with van der Waals surface area (Å²) in [7, 11) is -3.48. The Kier molecular flexibility index (Phi) is 8.56. The van der Waals surface area contributed by atoms with Crippen molar-refractivity contribution >= 4 is 41.8 Å². The molecule has 56 heavy (non-hydrogen) atoms. The van der Waals surface area contributed by atoms with Gasteiger partial charge in [0.05, 0.1) is 57.2 Å². The second-order valence-electron chi connectivity index (χ2n) is 15.4. The van der Waals surface area contributed by atoms with Crippen LogP contribution in [0.5, 0.6) is 0 Å². The molecule has 15 heteroatoms. The number of aromatic amines is 2. The zero-order valence-corrected chi connectivity index (χ0v) is 32.1. The number of aryl methyl sites for hydroxylation is 1. The number of benzene rings is 4. The van der Waals surface area contributed by atoms with E-state index >= 15 is 8.90 Å². The summed E-state index contributed by atoms with van der Waals surface area (Å²) in [6.45, 7) is 5.70. The molecule has 0 aliphatic carbocycles. The summed E-state index contributed by atoms with van der Waals surface area (Å²) in [5.41, 5.74) is 2.58. The number of halogens is 1. The molecule has 7 aromatic rings. The summed E-state index contributed by atoms with van der Waals surface area (Å²) in [6, 6.07) is 27.5. The number of para-hydroxylation sites is 2. The smallest absolute Gasteiger partial charge is 0.279 e. The summed E-state index contributed by atoms with van der Waals surface area (Å²) >= 11 is 0. The third kappa shape index (κ3) is 5.68. The molecule has 5 heterocycles. The minimum Gasteiger partial charge on any atom is -0.396 e. The van der Waals surface area contributed by atoms with Crippen molar-refractivity contribution in [3.05, 3.63) is 135 Å². The highest BCUT2D eigenvalue weighted by Crippen LogP contribution is 2.60. The van der Waals surface area contributed by atoms with E-state index in [4.69, 9.17) is 4.74 Å². The maximum Gasteiger partial charge on any atom is 0.279 e. The van der Waals surface area contributed by atoms with Gasteiger partial charge < -0.3 is 18.9 Å². The SMILES string of the molecule is C[C@H]1[C@H]([Si](C)(C)F)[C@@H](CCn2cc(CCO)nn2)O[C@]12C(=O)N(Cc1cccc(-n3[nH]c4ccccc4c3=O)c1)c1ccc(-n3[nH]c4ccccc4c3=O)cc12. The van der Waals surface area contributed by atoms with Crippen molar-refractivity contribution in [2.75, 3.05) is 11.5 Å². The van der Waals surface area contributed by atoms with Crippen LogP contribution in [0, 0.1) is 5.92 Å². The van der Waals surface area contributed by atoms with Crippen molar-refractivity contribution in [1.82, 2.24) is 34.6 Å². The Morgan fingerprint density at radius 1 is 0.875 bits per heavy atom. The second-order valence-corrected chi connectivity index (χ2v) is 19.2. The van der Waals surface area contributed by atoms with Crippen molar-refractivity contribution in [3.63, 3.8) is 0 Å². The van der Waals surface area contributed by atoms with E-state index < -0.39 is 31.6 Å². The lowest BCUT2D eigenvalue weighted by atomic mass is 9.82. The van der Waals surface area contributed by atoms with Gasteiger partial charge in [0.2, 0.25) is 8.41 Å². The predicted molar refractivity (Wildman–Crippen MR) is 212 cm³/mol. The monoisotopic (exact) mass is 772 g/mol. The van der Waals surface area contributed by atoms with E-state index in [0.29, 0.717) is 69.5 Å². The molecule has 2 aliphatic heterocycles. The van der Waals surface area contributed by atoms with E-state index in [0.717, 1.165) is 5.56 Å². The molecule has 0 bridgehead atoms. The summed E-state index contributed by atoms with van der Waals surface area (Å²) in [6.07, 6.45) is 1.88. The standard InChI is InChI=1S/C41H41FN8O5Si/c1-25-37(56(2,3)42)36(17-19-47-24-27(18-20-51)43-46-47)55-41(25)32-22-29(50-39(53)31-12-5-7-14-34(31)45-50)15-16-35(32)48(40(41)54)23-26-9-8-10-28(21-26)49-38(52)30-11-4-6-13-33(30)44-49/h4-16,21-22,24-25,36-37,44-45,51H,17-20,23H2,1-3H3/t25-,36+,37-,41+/m0/s1. The Hall–Kier alpha value is -5.90. The number of nitrogens with zero attached hydrogens (tertiary/aromatic N) is 6. The Morgan fingerprint density at radius 2 is 1.54 bits per heavy atom. The van der Waals surface area contributed by atoms with E-state index in [-0.39, 0.29) is 30.2 Å². The molecule has 1 fully saturated rings. The molecule has 4 aromatic carbocycles. The summed E-state index contributed by atoms with van der Waals surface area (Å²) in [5, 5.41) is 25.2. The summed E-state index contributed by atoms with van der Waals surface area (Å²) < 4.78 is 28.3. The Bertz CT molecular complexity index is 2760. The number of carbonyl (C=O) groups is 1. The number of rotatable bonds is 10. The number of hydrogen-bond acceptors (Lipinski definition) is 7. The zero-order valence-electron chi connectivity index (χ0n) is 31.1. The van der Waals surface area contributed by atoms with Gasteiger partial charge in [-0.2, -0.15) is 0 Å². The molecule has 3 aromatic heterocycles. The fraction of sp³-hybridized carbons (Fsp3) is 0.293. The fourth-order valence-corrected chi connectivity index (χ4v) is 11.5. The van der Waals surface area contributed by atoms with Gasteiger partial charge in [-0.3, -0.25) is 29.3 Å². The van der Waals surface area contributed by atoms with Gasteiger partial charge in [0, 0.05) is 42.8 Å². The van der Waals surface area contributed by atoms with Crippen LogP contribution in [-0.2, 0) is 34.6 Å². The summed E-state index contributed by atoms with van der Waals surface area (Å²) in [4.78, 5) is 43.9. The number of hydrogen-bond donors (Lipinski definition) is 3. The lowest BCUT2D eigenvalue weighted by Crippen LogP contribution is -2.45. The molecule has 13 nitrogen and oxygen atoms in total. The summed E-state index contributed by atoms with van der Waals surface area (Å²) in [5.74, 6) is -0.881. The highest BCUT2D eigenvalue weighted by atomic mass is 28.4. The zero-order chi connectivity index (χ0) is 38.9. The molecule has 3 N–H and O–H groups in total. The van der Waals surface area contributed by atoms with Gasteiger partial charge in [0.25, 0.3) is 17.0 Å². The first-order valence-electron chi connectivity index (χ1n) is 18.8. The van der Waals surface area contributed by atoms with Crippen LogP contribution in [-0.4, -0.2) is 66.7 Å². The van der Waals surface area contributed by atoms with Crippen molar-refractivity contribution in [2.24, 2.45) is 5.92 Å². The van der Waals surface area contributed by atoms with Gasteiger partial charge in [-0.25, -0.2) is 9.36 Å². The number of carbonyl (C=O) groups excluding carboxylic acids is 1. The average Bonchev–Trinajstić information content (AvgIpc) is 3.98. The first-order chi connectivity index (χ1) is 27.0. The molecule has 286 valence electrons. The Labute approximate surface area is 321 Å². The number of aromatic nitrogens is 7. The van der Waals surface area contributed by atoms with Crippen LogP contribution in [0.25, 0.3) is 33.2 Å². The Balaban J connectivity index is 1.14. The van der Waals surface area contributed by atoms with Gasteiger partial charge in [-0.1, -0.05) is 48.5 Å². The number of amides is 1. The normalized spacial score (nSPS) is 20.9. The first-order valence-corrected chi connectivity index (χ1v) is 21.8. The third-order valence-electron chi connectivity index (χ3n) is 11.5. The lowest BCUT2D eigenvalue weighted by molar-refractivity contribution is -0.146. The molecule has 9 rings (SSSR count). The number of anilines is 1. The lowest BCUT2D eigenvalue weighted by Gasteiger charge is -2.31. The van der Waals surface area contributed by atoms with E-state index in [1.165, 1.54) is 9.36 Å². The van der Waals surface area contributed by atoms with Crippen molar-refractivity contribution in [1.29, 1.82) is 0 Å². The Morgan fingerprint density at radius 3 is 2.18 bits per heavy atom. The van der Waals surface area contributed by atoms with E-state index in [9.17, 15) is 14.7 Å². The van der Waals surface area contributed by atoms with Crippen LogP contribution < -0.4 is 16.0 Å². The number of H-pyrrole nitrogens is 2. The number of aliphatic hydroxyl groups is 1. The number of ether oxygens (including phenoxy) is 1. The molecule has 0 unspecified atom stereocenters. The topological polar surface area (TPSA) is 156 Å². The van der Waals surface area contributed by atoms with Crippen LogP contribution in [0.4, 0.5) is 9.80 Å². The maximum absolute atomic E-state index is 16.6. The van der Waals surface area contributed by atoms with Gasteiger partial charge in [-0.05, 0) is 79.7 Å². The molecule has 2 aliphatic rings. The number of nitrogens with one attached hydrogen (secondary N) is 2. The second kappa shape index (κ2) is 13.4. The van der Waals surface area contributed by atoms with Crippen molar-refractivity contribution in [3.8, 4) is 11.4 Å². The molecular weight excluding hydrogens is 732 g/mol. The molecule has 0 radical (unpaired) electrons. The minimum atomic E-state index is -3.48. The van der Waals surface area contributed by atoms with Crippen LogP contribution in [0.2, 0.25) is 18.6 Å². The van der Waals surface area contributed by atoms with Gasteiger partial charge in [-0.15, -0.1) is 5.10 Å². The maximum atomic E-state index is 16.6. The molecule has 1 saturated heterocycles. The van der Waals surface area contributed by atoms with Gasteiger partial charge in [0.1, 0.15) is 0 Å². The van der Waals surface area contributed by atoms with Crippen LogP contribution in [0.15, 0.2) is 107 Å². The van der Waals surface area contributed by atoms with E-state index in [2.05, 4.69) is 20.5 Å². The number of fused-ring (bicyclic) bond motifs is 4. The minimum absolute atomic E-state index is 0.0509. The quantitative estimate of drug-likeness (QED) is 0.123.